The van der Waals surface area contributed by atoms with Gasteiger partial charge in [-0.1, -0.05) is 36.9 Å². The Morgan fingerprint density at radius 1 is 1.22 bits per heavy atom. The lowest BCUT2D eigenvalue weighted by Gasteiger charge is -2.37. The highest BCUT2D eigenvalue weighted by Crippen LogP contribution is 2.43. The standard InChI is InChI=1S/C15H20ClNO/c16-13-9-12(8-11-4-7-18-14(11)13)15(10-17)5-2-1-3-6-15/h8-9H,1-7,10,17H2. The van der Waals surface area contributed by atoms with Crippen LogP contribution in [0.25, 0.3) is 0 Å². The van der Waals surface area contributed by atoms with Gasteiger partial charge in [0.25, 0.3) is 0 Å². The summed E-state index contributed by atoms with van der Waals surface area (Å²) in [6.07, 6.45) is 7.26. The van der Waals surface area contributed by atoms with Gasteiger partial charge in [-0.25, -0.2) is 0 Å². The average Bonchev–Trinajstić information content (AvgIpc) is 2.88. The Balaban J connectivity index is 2.02. The van der Waals surface area contributed by atoms with Gasteiger partial charge < -0.3 is 10.5 Å². The summed E-state index contributed by atoms with van der Waals surface area (Å²) in [5, 5.41) is 0.762. The maximum atomic E-state index is 6.35. The fraction of sp³-hybridized carbons (Fsp3) is 0.600. The number of ether oxygens (including phenoxy) is 1. The van der Waals surface area contributed by atoms with Crippen molar-refractivity contribution in [2.75, 3.05) is 13.2 Å². The monoisotopic (exact) mass is 265 g/mol. The van der Waals surface area contributed by atoms with Crippen LogP contribution in [0.1, 0.15) is 43.2 Å². The molecule has 2 N–H and O–H groups in total. The summed E-state index contributed by atoms with van der Waals surface area (Å²) in [7, 11) is 0. The van der Waals surface area contributed by atoms with E-state index in [0.717, 1.165) is 30.3 Å². The molecule has 0 spiro atoms. The minimum atomic E-state index is 0.152. The van der Waals surface area contributed by atoms with Crippen molar-refractivity contribution in [3.05, 3.63) is 28.3 Å². The largest absolute Gasteiger partial charge is 0.491 e. The van der Waals surface area contributed by atoms with Crippen LogP contribution in [0, 0.1) is 0 Å². The predicted molar refractivity (Wildman–Crippen MR) is 74.5 cm³/mol. The maximum Gasteiger partial charge on any atom is 0.141 e. The van der Waals surface area contributed by atoms with Crippen molar-refractivity contribution in [2.45, 2.75) is 43.9 Å². The third-order valence-corrected chi connectivity index (χ3v) is 4.83. The van der Waals surface area contributed by atoms with Crippen LogP contribution in [0.4, 0.5) is 0 Å². The Kier molecular flexibility index (Phi) is 3.25. The van der Waals surface area contributed by atoms with Crippen LogP contribution < -0.4 is 10.5 Å². The molecule has 1 aromatic carbocycles. The van der Waals surface area contributed by atoms with Gasteiger partial charge in [0, 0.05) is 18.4 Å². The van der Waals surface area contributed by atoms with E-state index in [1.165, 1.54) is 43.2 Å². The van der Waals surface area contributed by atoms with E-state index in [9.17, 15) is 0 Å². The molecule has 0 unspecified atom stereocenters. The molecule has 1 aromatic rings. The normalized spacial score (nSPS) is 21.4. The number of nitrogens with two attached hydrogens (primary N) is 1. The van der Waals surface area contributed by atoms with Crippen molar-refractivity contribution in [3.63, 3.8) is 0 Å². The number of hydrogen-bond donors (Lipinski definition) is 1. The topological polar surface area (TPSA) is 35.2 Å². The second-order valence-electron chi connectivity index (χ2n) is 5.59. The van der Waals surface area contributed by atoms with E-state index < -0.39 is 0 Å². The third-order valence-electron chi connectivity index (χ3n) is 4.55. The molecule has 0 atom stereocenters. The first-order chi connectivity index (χ1) is 8.75. The molecule has 0 aromatic heterocycles. The molecular weight excluding hydrogens is 246 g/mol. The molecule has 3 heteroatoms. The van der Waals surface area contributed by atoms with Gasteiger partial charge in [-0.05, 0) is 30.0 Å². The van der Waals surface area contributed by atoms with Crippen LogP contribution in [0.15, 0.2) is 12.1 Å². The van der Waals surface area contributed by atoms with Crippen molar-refractivity contribution in [2.24, 2.45) is 5.73 Å². The van der Waals surface area contributed by atoms with Gasteiger partial charge >= 0.3 is 0 Å². The molecule has 0 amide bonds. The molecule has 0 bridgehead atoms. The molecule has 1 aliphatic carbocycles. The lowest BCUT2D eigenvalue weighted by molar-refractivity contribution is 0.300. The lowest BCUT2D eigenvalue weighted by Crippen LogP contribution is -2.37. The number of fused-ring (bicyclic) bond motifs is 1. The van der Waals surface area contributed by atoms with Crippen LogP contribution in [0.5, 0.6) is 5.75 Å². The van der Waals surface area contributed by atoms with E-state index in [-0.39, 0.29) is 5.41 Å². The summed E-state index contributed by atoms with van der Waals surface area (Å²) in [4.78, 5) is 0. The van der Waals surface area contributed by atoms with E-state index in [1.807, 2.05) is 0 Å². The molecule has 2 aliphatic rings. The Hall–Kier alpha value is -0.730. The first kappa shape index (κ1) is 12.3. The van der Waals surface area contributed by atoms with Gasteiger partial charge in [-0.2, -0.15) is 0 Å². The SMILES string of the molecule is NCC1(c2cc(Cl)c3c(c2)CCO3)CCCCC1. The van der Waals surface area contributed by atoms with Gasteiger partial charge in [-0.3, -0.25) is 0 Å². The van der Waals surface area contributed by atoms with Gasteiger partial charge in [0.15, 0.2) is 0 Å². The van der Waals surface area contributed by atoms with Gasteiger partial charge in [0.1, 0.15) is 5.75 Å². The summed E-state index contributed by atoms with van der Waals surface area (Å²) in [6.45, 7) is 1.48. The Morgan fingerprint density at radius 3 is 2.72 bits per heavy atom. The minimum absolute atomic E-state index is 0.152. The van der Waals surface area contributed by atoms with E-state index in [4.69, 9.17) is 22.1 Å². The first-order valence-corrected chi connectivity index (χ1v) is 7.29. The van der Waals surface area contributed by atoms with Crippen molar-refractivity contribution in [3.8, 4) is 5.75 Å². The number of benzene rings is 1. The summed E-state index contributed by atoms with van der Waals surface area (Å²) < 4.78 is 5.57. The predicted octanol–water partition coefficient (Wildman–Crippen LogP) is 3.44. The van der Waals surface area contributed by atoms with Gasteiger partial charge in [0.2, 0.25) is 0 Å². The molecule has 0 saturated heterocycles. The zero-order valence-corrected chi connectivity index (χ0v) is 11.4. The van der Waals surface area contributed by atoms with Gasteiger partial charge in [0.05, 0.1) is 11.6 Å². The van der Waals surface area contributed by atoms with Crippen LogP contribution in [0.3, 0.4) is 0 Å². The third kappa shape index (κ3) is 1.92. The lowest BCUT2D eigenvalue weighted by atomic mass is 9.69. The number of hydrogen-bond acceptors (Lipinski definition) is 2. The zero-order chi connectivity index (χ0) is 12.6. The van der Waals surface area contributed by atoms with Crippen molar-refractivity contribution < 1.29 is 4.74 Å². The molecule has 1 fully saturated rings. The van der Waals surface area contributed by atoms with Crippen molar-refractivity contribution in [1.29, 1.82) is 0 Å². The molecule has 1 heterocycles. The van der Waals surface area contributed by atoms with E-state index in [0.29, 0.717) is 0 Å². The van der Waals surface area contributed by atoms with Crippen LogP contribution in [0.2, 0.25) is 5.02 Å². The molecule has 2 nitrogen and oxygen atoms in total. The highest BCUT2D eigenvalue weighted by molar-refractivity contribution is 6.32. The van der Waals surface area contributed by atoms with Crippen molar-refractivity contribution in [1.82, 2.24) is 0 Å². The quantitative estimate of drug-likeness (QED) is 0.889. The van der Waals surface area contributed by atoms with Gasteiger partial charge in [-0.15, -0.1) is 0 Å². The Bertz CT molecular complexity index is 452. The summed E-state index contributed by atoms with van der Waals surface area (Å²) in [5.41, 5.74) is 8.84. The number of rotatable bonds is 2. The molecule has 0 radical (unpaired) electrons. The first-order valence-electron chi connectivity index (χ1n) is 6.91. The fourth-order valence-corrected chi connectivity index (χ4v) is 3.70. The van der Waals surface area contributed by atoms with E-state index in [1.54, 1.807) is 0 Å². The highest BCUT2D eigenvalue weighted by atomic mass is 35.5. The summed E-state index contributed by atoms with van der Waals surface area (Å²) >= 11 is 6.35. The molecular formula is C15H20ClNO. The molecule has 3 rings (SSSR count). The molecule has 1 saturated carbocycles. The molecule has 98 valence electrons. The Morgan fingerprint density at radius 2 is 2.00 bits per heavy atom. The second kappa shape index (κ2) is 4.75. The molecule has 18 heavy (non-hydrogen) atoms. The van der Waals surface area contributed by atoms with Crippen LogP contribution in [-0.4, -0.2) is 13.2 Å². The van der Waals surface area contributed by atoms with Crippen LogP contribution in [-0.2, 0) is 11.8 Å². The van der Waals surface area contributed by atoms with Crippen molar-refractivity contribution >= 4 is 11.6 Å². The average molecular weight is 266 g/mol. The summed E-state index contributed by atoms with van der Waals surface area (Å²) in [6, 6.07) is 4.37. The highest BCUT2D eigenvalue weighted by Gasteiger charge is 2.34. The number of halogens is 1. The molecule has 1 aliphatic heterocycles. The smallest absolute Gasteiger partial charge is 0.141 e. The van der Waals surface area contributed by atoms with Crippen LogP contribution >= 0.6 is 11.6 Å². The van der Waals surface area contributed by atoms with E-state index in [2.05, 4.69) is 12.1 Å². The van der Waals surface area contributed by atoms with E-state index >= 15 is 0 Å². The second-order valence-corrected chi connectivity index (χ2v) is 6.00. The summed E-state index contributed by atoms with van der Waals surface area (Å²) in [5.74, 6) is 0.892. The Labute approximate surface area is 113 Å². The zero-order valence-electron chi connectivity index (χ0n) is 10.7. The minimum Gasteiger partial charge on any atom is -0.491 e. The fourth-order valence-electron chi connectivity index (χ4n) is 3.41. The maximum absolute atomic E-state index is 6.35.